The summed E-state index contributed by atoms with van der Waals surface area (Å²) in [6.45, 7) is 2.37. The molecule has 1 aliphatic rings. The molecule has 0 saturated carbocycles. The van der Waals surface area contributed by atoms with Crippen molar-refractivity contribution in [1.82, 2.24) is 10.2 Å². The quantitative estimate of drug-likeness (QED) is 0.773. The highest BCUT2D eigenvalue weighted by Gasteiger charge is 2.20. The normalized spacial score (nSPS) is 15.4. The van der Waals surface area contributed by atoms with Gasteiger partial charge in [-0.05, 0) is 19.0 Å². The first kappa shape index (κ1) is 15.2. The first-order valence-electron chi connectivity index (χ1n) is 6.48. The van der Waals surface area contributed by atoms with Crippen LogP contribution in [-0.2, 0) is 0 Å². The third-order valence-electron chi connectivity index (χ3n) is 3.16. The minimum atomic E-state index is -1.44. The van der Waals surface area contributed by atoms with Gasteiger partial charge >= 0.3 is 12.0 Å². The van der Waals surface area contributed by atoms with Gasteiger partial charge in [-0.2, -0.15) is 0 Å². The molecule has 3 N–H and O–H groups in total. The van der Waals surface area contributed by atoms with Gasteiger partial charge in [-0.3, -0.25) is 0 Å². The second-order valence-corrected chi connectivity index (χ2v) is 4.64. The van der Waals surface area contributed by atoms with Crippen LogP contribution < -0.4 is 10.6 Å². The molecule has 1 aromatic rings. The van der Waals surface area contributed by atoms with E-state index in [0.29, 0.717) is 31.8 Å². The fraction of sp³-hybridized carbons (Fsp3) is 0.385. The standard InChI is InChI=1S/C13H15F2N3O3/c14-9-6-8(12(19)20)11(7-10(9)15)17-13(21)18-4-1-2-16-3-5-18/h6-7,16H,1-5H2,(H,17,21)(H,19,20). The van der Waals surface area contributed by atoms with Crippen LogP contribution in [0.3, 0.4) is 0 Å². The maximum absolute atomic E-state index is 13.2. The number of nitrogens with one attached hydrogen (secondary N) is 2. The van der Waals surface area contributed by atoms with Gasteiger partial charge in [0.1, 0.15) is 0 Å². The number of rotatable bonds is 2. The number of carbonyl (C=O) groups is 2. The van der Waals surface area contributed by atoms with Crippen LogP contribution in [-0.4, -0.2) is 48.2 Å². The van der Waals surface area contributed by atoms with Gasteiger partial charge in [-0.1, -0.05) is 0 Å². The van der Waals surface area contributed by atoms with Crippen molar-refractivity contribution in [3.8, 4) is 0 Å². The molecule has 0 bridgehead atoms. The highest BCUT2D eigenvalue weighted by molar-refractivity contribution is 6.00. The van der Waals surface area contributed by atoms with E-state index >= 15 is 0 Å². The van der Waals surface area contributed by atoms with Crippen LogP contribution in [0.25, 0.3) is 0 Å². The van der Waals surface area contributed by atoms with Gasteiger partial charge in [0.25, 0.3) is 0 Å². The van der Waals surface area contributed by atoms with Gasteiger partial charge in [-0.15, -0.1) is 0 Å². The number of amides is 2. The van der Waals surface area contributed by atoms with Crippen LogP contribution in [0.4, 0.5) is 19.3 Å². The number of urea groups is 1. The summed E-state index contributed by atoms with van der Waals surface area (Å²) in [4.78, 5) is 24.6. The maximum atomic E-state index is 13.2. The van der Waals surface area contributed by atoms with Crippen LogP contribution in [0, 0.1) is 11.6 Å². The first-order chi connectivity index (χ1) is 9.99. The molecule has 0 atom stereocenters. The van der Waals surface area contributed by atoms with Crippen molar-refractivity contribution >= 4 is 17.7 Å². The molecule has 0 unspecified atom stereocenters. The molecule has 0 spiro atoms. The van der Waals surface area contributed by atoms with Gasteiger partial charge < -0.3 is 20.6 Å². The number of aromatic carboxylic acids is 1. The molecule has 1 heterocycles. The van der Waals surface area contributed by atoms with Gasteiger partial charge in [0, 0.05) is 25.7 Å². The molecule has 114 valence electrons. The molecule has 6 nitrogen and oxygen atoms in total. The Labute approximate surface area is 119 Å². The summed E-state index contributed by atoms with van der Waals surface area (Å²) >= 11 is 0. The Kier molecular flexibility index (Phi) is 4.69. The zero-order valence-electron chi connectivity index (χ0n) is 11.2. The van der Waals surface area contributed by atoms with Crippen molar-refractivity contribution in [2.75, 3.05) is 31.5 Å². The summed E-state index contributed by atoms with van der Waals surface area (Å²) in [5.41, 5.74) is -0.751. The molecular formula is C13H15F2N3O3. The lowest BCUT2D eigenvalue weighted by molar-refractivity contribution is 0.0697. The van der Waals surface area contributed by atoms with Crippen molar-refractivity contribution in [3.63, 3.8) is 0 Å². The molecule has 21 heavy (non-hydrogen) atoms. The van der Waals surface area contributed by atoms with Gasteiger partial charge in [-0.25, -0.2) is 18.4 Å². The van der Waals surface area contributed by atoms with Crippen LogP contribution in [0.2, 0.25) is 0 Å². The minimum absolute atomic E-state index is 0.261. The third kappa shape index (κ3) is 3.66. The lowest BCUT2D eigenvalue weighted by Crippen LogP contribution is -2.37. The molecule has 8 heteroatoms. The monoisotopic (exact) mass is 299 g/mol. The second-order valence-electron chi connectivity index (χ2n) is 4.64. The number of carboxylic acids is 1. The fourth-order valence-corrected chi connectivity index (χ4v) is 2.07. The Morgan fingerprint density at radius 1 is 1.19 bits per heavy atom. The summed E-state index contributed by atoms with van der Waals surface area (Å²) in [6, 6.07) is 0.691. The Bertz CT molecular complexity index is 558. The predicted molar refractivity (Wildman–Crippen MR) is 71.4 cm³/mol. The van der Waals surface area contributed by atoms with Gasteiger partial charge in [0.2, 0.25) is 0 Å². The largest absolute Gasteiger partial charge is 0.478 e. The first-order valence-corrected chi connectivity index (χ1v) is 6.48. The SMILES string of the molecule is O=C(O)c1cc(F)c(F)cc1NC(=O)N1CCCNCC1. The molecule has 1 aromatic carbocycles. The molecule has 1 aliphatic heterocycles. The van der Waals surface area contributed by atoms with Crippen LogP contribution in [0.15, 0.2) is 12.1 Å². The average Bonchev–Trinajstić information content (AvgIpc) is 2.71. The van der Waals surface area contributed by atoms with E-state index in [1.165, 1.54) is 4.90 Å². The Morgan fingerprint density at radius 2 is 1.90 bits per heavy atom. The van der Waals surface area contributed by atoms with E-state index in [1.807, 2.05) is 0 Å². The Balaban J connectivity index is 2.19. The third-order valence-corrected chi connectivity index (χ3v) is 3.16. The summed E-state index contributed by atoms with van der Waals surface area (Å²) in [5.74, 6) is -3.93. The second kappa shape index (κ2) is 6.49. The number of hydrogen-bond acceptors (Lipinski definition) is 3. The highest BCUT2D eigenvalue weighted by Crippen LogP contribution is 2.20. The van der Waals surface area contributed by atoms with E-state index in [2.05, 4.69) is 10.6 Å². The molecule has 0 radical (unpaired) electrons. The van der Waals surface area contributed by atoms with Crippen LogP contribution in [0.1, 0.15) is 16.8 Å². The molecule has 0 aliphatic carbocycles. The summed E-state index contributed by atoms with van der Waals surface area (Å²) in [5, 5.41) is 14.4. The highest BCUT2D eigenvalue weighted by atomic mass is 19.2. The molecule has 1 saturated heterocycles. The smallest absolute Gasteiger partial charge is 0.337 e. The minimum Gasteiger partial charge on any atom is -0.478 e. The maximum Gasteiger partial charge on any atom is 0.337 e. The number of anilines is 1. The molecule has 1 fully saturated rings. The number of nitrogens with zero attached hydrogens (tertiary/aromatic N) is 1. The number of benzene rings is 1. The number of carboxylic acid groups (broad SMARTS) is 1. The molecule has 2 amide bonds. The van der Waals surface area contributed by atoms with Crippen molar-refractivity contribution in [2.24, 2.45) is 0 Å². The van der Waals surface area contributed by atoms with Crippen LogP contribution in [0.5, 0.6) is 0 Å². The van der Waals surface area contributed by atoms with Crippen molar-refractivity contribution in [3.05, 3.63) is 29.3 Å². The number of carbonyl (C=O) groups excluding carboxylic acids is 1. The Hall–Kier alpha value is -2.22. The lowest BCUT2D eigenvalue weighted by Gasteiger charge is -2.21. The van der Waals surface area contributed by atoms with Crippen molar-refractivity contribution in [2.45, 2.75) is 6.42 Å². The molecular weight excluding hydrogens is 284 g/mol. The summed E-state index contributed by atoms with van der Waals surface area (Å²) in [6.07, 6.45) is 0.761. The van der Waals surface area contributed by atoms with E-state index in [4.69, 9.17) is 5.11 Å². The number of hydrogen-bond donors (Lipinski definition) is 3. The van der Waals surface area contributed by atoms with Crippen molar-refractivity contribution in [1.29, 1.82) is 0 Å². The van der Waals surface area contributed by atoms with E-state index in [1.54, 1.807) is 0 Å². The van der Waals surface area contributed by atoms with E-state index in [-0.39, 0.29) is 5.69 Å². The van der Waals surface area contributed by atoms with E-state index in [9.17, 15) is 18.4 Å². The van der Waals surface area contributed by atoms with Gasteiger partial charge in [0.05, 0.1) is 11.3 Å². The zero-order valence-corrected chi connectivity index (χ0v) is 11.2. The molecule has 2 rings (SSSR count). The van der Waals surface area contributed by atoms with Crippen LogP contribution >= 0.6 is 0 Å². The Morgan fingerprint density at radius 3 is 2.62 bits per heavy atom. The van der Waals surface area contributed by atoms with E-state index < -0.39 is 29.2 Å². The van der Waals surface area contributed by atoms with Crippen molar-refractivity contribution < 1.29 is 23.5 Å². The lowest BCUT2D eigenvalue weighted by atomic mass is 10.1. The predicted octanol–water partition coefficient (Wildman–Crippen LogP) is 1.49. The molecule has 0 aromatic heterocycles. The number of halogens is 2. The fourth-order valence-electron chi connectivity index (χ4n) is 2.07. The summed E-state index contributed by atoms with van der Waals surface area (Å²) in [7, 11) is 0. The average molecular weight is 299 g/mol. The van der Waals surface area contributed by atoms with E-state index in [0.717, 1.165) is 13.0 Å². The summed E-state index contributed by atoms with van der Waals surface area (Å²) < 4.78 is 26.3. The zero-order chi connectivity index (χ0) is 15.4. The van der Waals surface area contributed by atoms with Gasteiger partial charge in [0.15, 0.2) is 11.6 Å². The topological polar surface area (TPSA) is 81.7 Å².